The van der Waals surface area contributed by atoms with E-state index in [4.69, 9.17) is 39.5 Å². The van der Waals surface area contributed by atoms with Crippen LogP contribution in [0.4, 0.5) is 4.79 Å². The van der Waals surface area contributed by atoms with Gasteiger partial charge < -0.3 is 10.1 Å². The van der Waals surface area contributed by atoms with Crippen LogP contribution in [0.1, 0.15) is 16.1 Å². The molecule has 4 rings (SSSR count). The second-order valence-electron chi connectivity index (χ2n) is 6.37. The molecule has 0 saturated carbocycles. The maximum atomic E-state index is 12.7. The van der Waals surface area contributed by atoms with Crippen molar-refractivity contribution in [1.29, 1.82) is 0 Å². The van der Waals surface area contributed by atoms with Crippen LogP contribution in [-0.4, -0.2) is 48.6 Å². The first-order valence-corrected chi connectivity index (χ1v) is 9.59. The average Bonchev–Trinajstić information content (AvgIpc) is 3.18. The number of hydrogen-bond acceptors (Lipinski definition) is 5. The third kappa shape index (κ3) is 3.11. The molecule has 1 aromatic carbocycles. The molecule has 3 heterocycles. The van der Waals surface area contributed by atoms with E-state index in [9.17, 15) is 9.59 Å². The highest BCUT2D eigenvalue weighted by molar-refractivity contribution is 7.21. The molecular weight excluding hydrogens is 407 g/mol. The van der Waals surface area contributed by atoms with Gasteiger partial charge in [-0.1, -0.05) is 34.8 Å². The van der Waals surface area contributed by atoms with Gasteiger partial charge in [-0.2, -0.15) is 0 Å². The number of hydrogen-bond donors (Lipinski definition) is 1. The van der Waals surface area contributed by atoms with Gasteiger partial charge in [0, 0.05) is 28.2 Å². The Morgan fingerprint density at radius 2 is 2.16 bits per heavy atom. The number of rotatable bonds is 3. The van der Waals surface area contributed by atoms with E-state index < -0.39 is 6.09 Å². The number of nitrogens with zero attached hydrogens (tertiary/aromatic N) is 1. The van der Waals surface area contributed by atoms with E-state index in [1.54, 1.807) is 12.1 Å². The zero-order valence-corrected chi connectivity index (χ0v) is 16.0. The molecule has 2 aliphatic rings. The van der Waals surface area contributed by atoms with E-state index in [1.165, 1.54) is 11.3 Å². The Hall–Kier alpha value is -1.05. The van der Waals surface area contributed by atoms with E-state index in [0.717, 1.165) is 11.1 Å². The van der Waals surface area contributed by atoms with Crippen molar-refractivity contribution in [3.05, 3.63) is 32.1 Å². The largest absolute Gasteiger partial charge is 0.447 e. The number of carbonyl (C=O) groups is 2. The van der Waals surface area contributed by atoms with Crippen LogP contribution in [0.15, 0.2) is 12.1 Å². The highest BCUT2D eigenvalue weighted by Gasteiger charge is 2.45. The average molecular weight is 420 g/mol. The molecule has 0 bridgehead atoms. The fourth-order valence-electron chi connectivity index (χ4n) is 3.37. The quantitative estimate of drug-likeness (QED) is 0.757. The predicted molar refractivity (Wildman–Crippen MR) is 99.5 cm³/mol. The van der Waals surface area contributed by atoms with Crippen molar-refractivity contribution in [1.82, 2.24) is 10.2 Å². The third-order valence-electron chi connectivity index (χ3n) is 4.55. The van der Waals surface area contributed by atoms with Gasteiger partial charge >= 0.3 is 6.09 Å². The van der Waals surface area contributed by atoms with Crippen molar-refractivity contribution in [2.45, 2.75) is 12.0 Å². The second kappa shape index (κ2) is 6.28. The molecule has 2 aromatic rings. The Balaban J connectivity index is 1.54. The number of Topliss-reactive ketones (excluding diaryl/α,β-unsaturated/α-hetero) is 1. The van der Waals surface area contributed by atoms with Crippen molar-refractivity contribution in [2.24, 2.45) is 0 Å². The summed E-state index contributed by atoms with van der Waals surface area (Å²) in [6, 6.07) is 3.37. The third-order valence-corrected chi connectivity index (χ3v) is 6.73. The molecule has 2 fully saturated rings. The summed E-state index contributed by atoms with van der Waals surface area (Å²) in [5.74, 6) is -0.0688. The van der Waals surface area contributed by atoms with Crippen molar-refractivity contribution >= 4 is 68.1 Å². The van der Waals surface area contributed by atoms with E-state index in [-0.39, 0.29) is 17.9 Å². The lowest BCUT2D eigenvalue weighted by molar-refractivity contribution is 0.0944. The topological polar surface area (TPSA) is 58.6 Å². The minimum atomic E-state index is -0.396. The molecule has 25 heavy (non-hydrogen) atoms. The minimum Gasteiger partial charge on any atom is -0.447 e. The lowest BCUT2D eigenvalue weighted by Crippen LogP contribution is -2.46. The molecule has 9 heteroatoms. The molecule has 0 aliphatic carbocycles. The Labute approximate surface area is 162 Å². The first-order valence-electron chi connectivity index (χ1n) is 7.64. The number of fused-ring (bicyclic) bond motifs is 1. The number of cyclic esters (lactones) is 1. The van der Waals surface area contributed by atoms with Gasteiger partial charge in [-0.05, 0) is 18.6 Å². The molecular formula is C16H13Cl3N2O3S. The predicted octanol–water partition coefficient (Wildman–Crippen LogP) is 4.23. The monoisotopic (exact) mass is 418 g/mol. The van der Waals surface area contributed by atoms with E-state index in [0.29, 0.717) is 45.0 Å². The second-order valence-corrected chi connectivity index (χ2v) is 8.65. The number of halogens is 3. The fraction of sp³-hybridized carbons (Fsp3) is 0.375. The van der Waals surface area contributed by atoms with Crippen LogP contribution >= 0.6 is 46.1 Å². The SMILES string of the molecule is O=C1NC2(CCN(CC(=O)c3sc4cc(Cl)cc(Cl)c4c3Cl)C2)CO1. The minimum absolute atomic E-state index is 0.0688. The zero-order valence-electron chi connectivity index (χ0n) is 12.9. The molecule has 1 N–H and O–H groups in total. The van der Waals surface area contributed by atoms with Crippen LogP contribution in [0.25, 0.3) is 10.1 Å². The lowest BCUT2D eigenvalue weighted by atomic mass is 10.0. The van der Waals surface area contributed by atoms with Crippen molar-refractivity contribution in [2.75, 3.05) is 26.2 Å². The molecule has 1 amide bonds. The Kier molecular flexibility index (Phi) is 4.37. The summed E-state index contributed by atoms with van der Waals surface area (Å²) < 4.78 is 5.80. The van der Waals surface area contributed by atoms with Crippen molar-refractivity contribution in [3.63, 3.8) is 0 Å². The molecule has 1 spiro atoms. The summed E-state index contributed by atoms with van der Waals surface area (Å²) in [5, 5.41) is 4.83. The number of amides is 1. The number of likely N-dealkylation sites (tertiary alicyclic amines) is 1. The number of ether oxygens (including phenoxy) is 1. The standard InChI is InChI=1S/C16H13Cl3N2O3S/c17-8-3-9(18)12-11(4-8)25-14(13(12)19)10(22)5-21-2-1-16(6-21)7-24-15(23)20-16/h3-4H,1-2,5-7H2,(H,20,23). The highest BCUT2D eigenvalue weighted by Crippen LogP contribution is 2.41. The van der Waals surface area contributed by atoms with E-state index in [1.807, 2.05) is 4.90 Å². The summed E-state index contributed by atoms with van der Waals surface area (Å²) in [4.78, 5) is 26.5. The van der Waals surface area contributed by atoms with Crippen LogP contribution in [0.2, 0.25) is 15.1 Å². The summed E-state index contributed by atoms with van der Waals surface area (Å²) in [6.07, 6.45) is 0.361. The maximum Gasteiger partial charge on any atom is 0.407 e. The zero-order chi connectivity index (χ0) is 17.8. The van der Waals surface area contributed by atoms with Gasteiger partial charge in [-0.3, -0.25) is 9.69 Å². The molecule has 1 unspecified atom stereocenters. The van der Waals surface area contributed by atoms with Gasteiger partial charge in [0.15, 0.2) is 5.78 Å². The molecule has 1 atom stereocenters. The van der Waals surface area contributed by atoms with Gasteiger partial charge in [-0.25, -0.2) is 4.79 Å². The number of carbonyl (C=O) groups excluding carboxylic acids is 2. The molecule has 2 aliphatic heterocycles. The van der Waals surface area contributed by atoms with Gasteiger partial charge in [-0.15, -0.1) is 11.3 Å². The summed E-state index contributed by atoms with van der Waals surface area (Å²) in [6.45, 7) is 1.87. The number of alkyl carbamates (subject to hydrolysis) is 1. The molecule has 1 aromatic heterocycles. The Morgan fingerprint density at radius 1 is 1.36 bits per heavy atom. The number of nitrogens with one attached hydrogen (secondary N) is 1. The summed E-state index contributed by atoms with van der Waals surface area (Å²) >= 11 is 19.9. The van der Waals surface area contributed by atoms with Gasteiger partial charge in [0.25, 0.3) is 0 Å². The smallest absolute Gasteiger partial charge is 0.407 e. The van der Waals surface area contributed by atoms with Crippen molar-refractivity contribution in [3.8, 4) is 0 Å². The maximum absolute atomic E-state index is 12.7. The first-order chi connectivity index (χ1) is 11.9. The van der Waals surface area contributed by atoms with Gasteiger partial charge in [0.2, 0.25) is 0 Å². The van der Waals surface area contributed by atoms with Crippen LogP contribution in [0, 0.1) is 0 Å². The van der Waals surface area contributed by atoms with E-state index >= 15 is 0 Å². The van der Waals surface area contributed by atoms with Gasteiger partial charge in [0.1, 0.15) is 6.61 Å². The number of thiophene rings is 1. The van der Waals surface area contributed by atoms with Gasteiger partial charge in [0.05, 0.1) is 27.0 Å². The fourth-order valence-corrected chi connectivity index (χ4v) is 5.70. The first kappa shape index (κ1) is 17.4. The van der Waals surface area contributed by atoms with Crippen LogP contribution < -0.4 is 5.32 Å². The lowest BCUT2D eigenvalue weighted by Gasteiger charge is -2.20. The normalized spacial score (nSPS) is 23.4. The molecule has 0 radical (unpaired) electrons. The summed E-state index contributed by atoms with van der Waals surface area (Å²) in [5.41, 5.74) is -0.377. The van der Waals surface area contributed by atoms with Crippen LogP contribution in [0.3, 0.4) is 0 Å². The summed E-state index contributed by atoms with van der Waals surface area (Å²) in [7, 11) is 0. The number of benzene rings is 1. The van der Waals surface area contributed by atoms with Crippen LogP contribution in [0.5, 0.6) is 0 Å². The molecule has 5 nitrogen and oxygen atoms in total. The number of ketones is 1. The van der Waals surface area contributed by atoms with E-state index in [2.05, 4.69) is 5.32 Å². The van der Waals surface area contributed by atoms with Crippen molar-refractivity contribution < 1.29 is 14.3 Å². The molecule has 132 valence electrons. The Bertz CT molecular complexity index is 900. The highest BCUT2D eigenvalue weighted by atomic mass is 35.5. The molecule has 2 saturated heterocycles. The Morgan fingerprint density at radius 3 is 2.88 bits per heavy atom. The van der Waals surface area contributed by atoms with Crippen LogP contribution in [-0.2, 0) is 4.74 Å².